The molecule has 29 heavy (non-hydrogen) atoms. The van der Waals surface area contributed by atoms with Crippen LogP contribution in [0.15, 0.2) is 44.3 Å². The summed E-state index contributed by atoms with van der Waals surface area (Å²) >= 11 is 3.97. The lowest BCUT2D eigenvalue weighted by molar-refractivity contribution is -0.122. The van der Waals surface area contributed by atoms with Crippen LogP contribution < -0.4 is 14.8 Å². The molecule has 10 heteroatoms. The van der Waals surface area contributed by atoms with E-state index >= 15 is 0 Å². The van der Waals surface area contributed by atoms with Crippen LogP contribution in [0.3, 0.4) is 0 Å². The molecule has 0 spiro atoms. The molecule has 0 aliphatic carbocycles. The molecule has 1 aromatic carbocycles. The van der Waals surface area contributed by atoms with Gasteiger partial charge in [-0.15, -0.1) is 0 Å². The maximum Gasteiger partial charge on any atom is 0.293 e. The fraction of sp³-hybridized carbons (Fsp3) is 0.211. The number of rotatable bonds is 7. The Kier molecular flexibility index (Phi) is 6.65. The van der Waals surface area contributed by atoms with E-state index in [1.165, 1.54) is 20.3 Å². The van der Waals surface area contributed by atoms with E-state index in [1.807, 2.05) is 0 Å². The van der Waals surface area contributed by atoms with E-state index in [0.29, 0.717) is 26.6 Å². The zero-order valence-corrected chi connectivity index (χ0v) is 18.0. The summed E-state index contributed by atoms with van der Waals surface area (Å²) in [5.74, 6) is 0.387. The summed E-state index contributed by atoms with van der Waals surface area (Å²) in [6.45, 7) is 0.167. The van der Waals surface area contributed by atoms with Gasteiger partial charge in [0.05, 0.1) is 19.1 Å². The molecule has 1 fully saturated rings. The van der Waals surface area contributed by atoms with E-state index in [9.17, 15) is 14.4 Å². The molecule has 1 N–H and O–H groups in total. The normalized spacial score (nSPS) is 15.1. The number of hydrogen-bond acceptors (Lipinski definition) is 7. The van der Waals surface area contributed by atoms with Crippen molar-refractivity contribution < 1.29 is 28.3 Å². The Balaban J connectivity index is 1.63. The standard InChI is InChI=1S/C19H17BrN2O6S/c1-26-12-4-3-11(9-14(12)27-2)10-15-18(24)22(19(25)29-15)8-7-21-17(23)13-5-6-16(20)28-13/h3-6,9-10H,7-8H2,1-2H3,(H,21,23)/b15-10-. The van der Waals surface area contributed by atoms with Crippen LogP contribution in [0.2, 0.25) is 0 Å². The number of carbonyl (C=O) groups excluding carboxylic acids is 3. The summed E-state index contributed by atoms with van der Waals surface area (Å²) in [5.41, 5.74) is 0.699. The predicted octanol–water partition coefficient (Wildman–Crippen LogP) is 3.53. The molecule has 8 nitrogen and oxygen atoms in total. The highest BCUT2D eigenvalue weighted by molar-refractivity contribution is 9.10. The third kappa shape index (κ3) is 4.83. The molecular formula is C19H17BrN2O6S. The molecule has 3 amide bonds. The molecule has 1 aromatic heterocycles. The Labute approximate surface area is 179 Å². The van der Waals surface area contributed by atoms with Crippen molar-refractivity contribution in [3.05, 3.63) is 51.2 Å². The van der Waals surface area contributed by atoms with Crippen molar-refractivity contribution in [3.8, 4) is 11.5 Å². The van der Waals surface area contributed by atoms with E-state index in [2.05, 4.69) is 21.2 Å². The Morgan fingerprint density at radius 1 is 1.21 bits per heavy atom. The summed E-state index contributed by atoms with van der Waals surface area (Å²) in [6.07, 6.45) is 1.62. The van der Waals surface area contributed by atoms with Gasteiger partial charge in [0.25, 0.3) is 17.1 Å². The number of halogens is 1. The topological polar surface area (TPSA) is 98.1 Å². The smallest absolute Gasteiger partial charge is 0.293 e. The Morgan fingerprint density at radius 2 is 1.97 bits per heavy atom. The first kappa shape index (κ1) is 21.0. The van der Waals surface area contributed by atoms with Gasteiger partial charge in [0, 0.05) is 13.1 Å². The number of hydrogen-bond donors (Lipinski definition) is 1. The van der Waals surface area contributed by atoms with Crippen molar-refractivity contribution in [2.45, 2.75) is 0 Å². The minimum atomic E-state index is -0.427. The van der Waals surface area contributed by atoms with Gasteiger partial charge in [-0.25, -0.2) is 0 Å². The first-order chi connectivity index (χ1) is 13.9. The average molecular weight is 481 g/mol. The average Bonchev–Trinajstić information content (AvgIpc) is 3.26. The molecule has 0 bridgehead atoms. The fourth-order valence-electron chi connectivity index (χ4n) is 2.59. The van der Waals surface area contributed by atoms with Crippen LogP contribution in [-0.2, 0) is 4.79 Å². The van der Waals surface area contributed by atoms with Crippen LogP contribution >= 0.6 is 27.7 Å². The van der Waals surface area contributed by atoms with Gasteiger partial charge in [-0.2, -0.15) is 0 Å². The Hall–Kier alpha value is -2.72. The highest BCUT2D eigenvalue weighted by atomic mass is 79.9. The SMILES string of the molecule is COc1ccc(/C=C2\SC(=O)N(CCNC(=O)c3ccc(Br)o3)C2=O)cc1OC. The number of imide groups is 1. The summed E-state index contributed by atoms with van der Waals surface area (Å²) in [5, 5.41) is 2.22. The second-order valence-electron chi connectivity index (χ2n) is 5.81. The largest absolute Gasteiger partial charge is 0.493 e. The van der Waals surface area contributed by atoms with E-state index in [4.69, 9.17) is 13.9 Å². The zero-order chi connectivity index (χ0) is 21.0. The zero-order valence-electron chi connectivity index (χ0n) is 15.6. The first-order valence-corrected chi connectivity index (χ1v) is 10.0. The van der Waals surface area contributed by atoms with Crippen molar-refractivity contribution in [1.29, 1.82) is 0 Å². The van der Waals surface area contributed by atoms with Gasteiger partial charge < -0.3 is 19.2 Å². The molecule has 3 rings (SSSR count). The lowest BCUT2D eigenvalue weighted by atomic mass is 10.2. The highest BCUT2D eigenvalue weighted by Gasteiger charge is 2.34. The van der Waals surface area contributed by atoms with E-state index in [0.717, 1.165) is 16.7 Å². The van der Waals surface area contributed by atoms with Crippen LogP contribution in [-0.4, -0.2) is 49.3 Å². The number of thioether (sulfide) groups is 1. The number of carbonyl (C=O) groups is 3. The second-order valence-corrected chi connectivity index (χ2v) is 7.58. The van der Waals surface area contributed by atoms with Crippen molar-refractivity contribution in [3.63, 3.8) is 0 Å². The third-order valence-corrected chi connectivity index (χ3v) is 5.33. The number of methoxy groups -OCH3 is 2. The van der Waals surface area contributed by atoms with Crippen LogP contribution in [0.4, 0.5) is 4.79 Å². The summed E-state index contributed by atoms with van der Waals surface area (Å²) in [4.78, 5) is 38.1. The van der Waals surface area contributed by atoms with E-state index in [1.54, 1.807) is 30.3 Å². The van der Waals surface area contributed by atoms with Gasteiger partial charge in [-0.3, -0.25) is 19.3 Å². The number of nitrogens with zero attached hydrogens (tertiary/aromatic N) is 1. The van der Waals surface area contributed by atoms with Gasteiger partial charge in [0.1, 0.15) is 0 Å². The molecule has 0 radical (unpaired) electrons. The molecule has 2 heterocycles. The van der Waals surface area contributed by atoms with Gasteiger partial charge >= 0.3 is 0 Å². The number of furan rings is 1. The van der Waals surface area contributed by atoms with Gasteiger partial charge in [-0.1, -0.05) is 6.07 Å². The molecule has 0 saturated carbocycles. The second kappa shape index (κ2) is 9.19. The van der Waals surface area contributed by atoms with Gasteiger partial charge in [0.2, 0.25) is 0 Å². The van der Waals surface area contributed by atoms with Crippen LogP contribution in [0.1, 0.15) is 16.1 Å². The number of amides is 3. The molecule has 152 valence electrons. The molecule has 0 unspecified atom stereocenters. The molecule has 1 aliphatic rings. The lowest BCUT2D eigenvalue weighted by Crippen LogP contribution is -2.37. The fourth-order valence-corrected chi connectivity index (χ4v) is 3.76. The number of ether oxygens (including phenoxy) is 2. The monoisotopic (exact) mass is 480 g/mol. The summed E-state index contributed by atoms with van der Waals surface area (Å²) in [7, 11) is 3.05. The predicted molar refractivity (Wildman–Crippen MR) is 111 cm³/mol. The van der Waals surface area contributed by atoms with Crippen molar-refractivity contribution >= 4 is 50.8 Å². The molecule has 2 aromatic rings. The maximum absolute atomic E-state index is 12.6. The maximum atomic E-state index is 12.6. The van der Waals surface area contributed by atoms with Crippen molar-refractivity contribution in [2.75, 3.05) is 27.3 Å². The number of nitrogens with one attached hydrogen (secondary N) is 1. The minimum Gasteiger partial charge on any atom is -0.493 e. The van der Waals surface area contributed by atoms with Gasteiger partial charge in [-0.05, 0) is 63.6 Å². The van der Waals surface area contributed by atoms with Crippen LogP contribution in [0.5, 0.6) is 11.5 Å². The molecule has 0 atom stereocenters. The van der Waals surface area contributed by atoms with E-state index < -0.39 is 17.1 Å². The Bertz CT molecular complexity index is 987. The number of benzene rings is 1. The molecule has 1 saturated heterocycles. The summed E-state index contributed by atoms with van der Waals surface area (Å²) < 4.78 is 16.0. The first-order valence-electron chi connectivity index (χ1n) is 8.44. The van der Waals surface area contributed by atoms with E-state index in [-0.39, 0.29) is 18.8 Å². The quantitative estimate of drug-likeness (QED) is 0.605. The highest BCUT2D eigenvalue weighted by Crippen LogP contribution is 2.34. The minimum absolute atomic E-state index is 0.0571. The van der Waals surface area contributed by atoms with Crippen LogP contribution in [0.25, 0.3) is 6.08 Å². The molecular weight excluding hydrogens is 464 g/mol. The Morgan fingerprint density at radius 3 is 2.62 bits per heavy atom. The van der Waals surface area contributed by atoms with Crippen molar-refractivity contribution in [2.24, 2.45) is 0 Å². The van der Waals surface area contributed by atoms with Crippen LogP contribution in [0, 0.1) is 0 Å². The van der Waals surface area contributed by atoms with Crippen molar-refractivity contribution in [1.82, 2.24) is 10.2 Å². The third-order valence-electron chi connectivity index (χ3n) is 4.00. The lowest BCUT2D eigenvalue weighted by Gasteiger charge is -2.12. The summed E-state index contributed by atoms with van der Waals surface area (Å²) in [6, 6.07) is 8.32. The molecule has 1 aliphatic heterocycles. The van der Waals surface area contributed by atoms with Gasteiger partial charge in [0.15, 0.2) is 21.9 Å².